The van der Waals surface area contributed by atoms with E-state index in [2.05, 4.69) is 15.5 Å². The number of carbonyl (C=O) groups is 1. The number of anilines is 1. The minimum atomic E-state index is -0.160. The number of hydrogen-bond acceptors (Lipinski definition) is 5. The molecule has 7 heteroatoms. The first-order chi connectivity index (χ1) is 12.1. The van der Waals surface area contributed by atoms with Crippen molar-refractivity contribution in [2.75, 3.05) is 45.6 Å². The number of nitrogens with zero attached hydrogens (tertiary/aromatic N) is 1. The lowest BCUT2D eigenvalue weighted by atomic mass is 9.98. The summed E-state index contributed by atoms with van der Waals surface area (Å²) in [6, 6.07) is 3.33. The number of amides is 1. The highest BCUT2D eigenvalue weighted by molar-refractivity contribution is 6.33. The first-order valence-corrected chi connectivity index (χ1v) is 9.31. The van der Waals surface area contributed by atoms with Gasteiger partial charge in [0, 0.05) is 31.7 Å². The van der Waals surface area contributed by atoms with Gasteiger partial charge in [0.25, 0.3) is 5.91 Å². The van der Waals surface area contributed by atoms with Crippen LogP contribution in [0.1, 0.15) is 29.6 Å². The normalized spacial score (nSPS) is 22.1. The minimum absolute atomic E-state index is 0.160. The number of ether oxygens (including phenoxy) is 1. The second-order valence-corrected chi connectivity index (χ2v) is 7.39. The summed E-state index contributed by atoms with van der Waals surface area (Å²) in [7, 11) is 1.52. The lowest BCUT2D eigenvalue weighted by Crippen LogP contribution is -2.39. The smallest absolute Gasteiger partial charge is 0.255 e. The molecule has 2 heterocycles. The van der Waals surface area contributed by atoms with Crippen LogP contribution in [0.4, 0.5) is 5.69 Å². The van der Waals surface area contributed by atoms with Crippen LogP contribution in [0.25, 0.3) is 0 Å². The minimum Gasteiger partial charge on any atom is -0.496 e. The summed E-state index contributed by atoms with van der Waals surface area (Å²) in [6.45, 7) is 5.31. The van der Waals surface area contributed by atoms with Gasteiger partial charge in [-0.15, -0.1) is 0 Å². The summed E-state index contributed by atoms with van der Waals surface area (Å²) >= 11 is 6.06. The van der Waals surface area contributed by atoms with Crippen LogP contribution in [0.2, 0.25) is 5.02 Å². The van der Waals surface area contributed by atoms with E-state index in [0.29, 0.717) is 22.0 Å². The highest BCUT2D eigenvalue weighted by atomic mass is 35.5. The van der Waals surface area contributed by atoms with Crippen LogP contribution in [0, 0.1) is 5.92 Å². The molecular weight excluding hydrogens is 340 g/mol. The zero-order chi connectivity index (χ0) is 17.8. The first kappa shape index (κ1) is 18.3. The molecule has 0 saturated carbocycles. The van der Waals surface area contributed by atoms with Crippen molar-refractivity contribution in [3.05, 3.63) is 22.7 Å². The molecular formula is C18H27ClN4O2. The molecule has 0 aliphatic carbocycles. The molecule has 2 aliphatic rings. The number of likely N-dealkylation sites (tertiary alicyclic amines) is 1. The Kier molecular flexibility index (Phi) is 6.04. The van der Waals surface area contributed by atoms with Crippen molar-refractivity contribution >= 4 is 23.2 Å². The van der Waals surface area contributed by atoms with E-state index in [1.54, 1.807) is 12.1 Å². The van der Waals surface area contributed by atoms with Crippen LogP contribution in [-0.4, -0.2) is 56.7 Å². The largest absolute Gasteiger partial charge is 0.496 e. The molecule has 0 bridgehead atoms. The van der Waals surface area contributed by atoms with Crippen LogP contribution in [-0.2, 0) is 0 Å². The first-order valence-electron chi connectivity index (χ1n) is 8.93. The summed E-state index contributed by atoms with van der Waals surface area (Å²) in [4.78, 5) is 15.1. The predicted molar refractivity (Wildman–Crippen MR) is 100 cm³/mol. The van der Waals surface area contributed by atoms with Gasteiger partial charge in [-0.25, -0.2) is 0 Å². The van der Waals surface area contributed by atoms with Gasteiger partial charge >= 0.3 is 0 Å². The Labute approximate surface area is 154 Å². The third-order valence-corrected chi connectivity index (χ3v) is 5.47. The van der Waals surface area contributed by atoms with Crippen LogP contribution in [0.15, 0.2) is 12.1 Å². The third-order valence-electron chi connectivity index (χ3n) is 5.15. The standard InChI is InChI=1S/C18H27ClN4O2/c1-25-17-9-16(20)15(19)8-14(17)18(24)22-13-4-7-23(11-13)10-12-2-5-21-6-3-12/h8-9,12-13,21H,2-7,10-11,20H2,1H3,(H,22,24). The predicted octanol–water partition coefficient (Wildman–Crippen LogP) is 1.73. The Morgan fingerprint density at radius 1 is 1.40 bits per heavy atom. The number of rotatable bonds is 5. The van der Waals surface area contributed by atoms with Crippen molar-refractivity contribution in [1.29, 1.82) is 0 Å². The number of piperidine rings is 1. The van der Waals surface area contributed by atoms with E-state index in [0.717, 1.165) is 45.1 Å². The number of carbonyl (C=O) groups excluding carboxylic acids is 1. The molecule has 25 heavy (non-hydrogen) atoms. The van der Waals surface area contributed by atoms with Crippen LogP contribution in [0.3, 0.4) is 0 Å². The highest BCUT2D eigenvalue weighted by Crippen LogP contribution is 2.29. The molecule has 138 valence electrons. The van der Waals surface area contributed by atoms with E-state index in [1.807, 2.05) is 0 Å². The van der Waals surface area contributed by atoms with Crippen LogP contribution < -0.4 is 21.1 Å². The monoisotopic (exact) mass is 366 g/mol. The molecule has 2 fully saturated rings. The second kappa shape index (κ2) is 8.25. The zero-order valence-corrected chi connectivity index (χ0v) is 15.4. The van der Waals surface area contributed by atoms with Gasteiger partial charge in [-0.05, 0) is 44.3 Å². The molecule has 1 amide bonds. The van der Waals surface area contributed by atoms with Gasteiger partial charge in [0.05, 0.1) is 23.4 Å². The molecule has 4 N–H and O–H groups in total. The van der Waals surface area contributed by atoms with Crippen molar-refractivity contribution in [3.63, 3.8) is 0 Å². The number of benzene rings is 1. The maximum absolute atomic E-state index is 12.6. The van der Waals surface area contributed by atoms with Gasteiger partial charge in [0.2, 0.25) is 0 Å². The summed E-state index contributed by atoms with van der Waals surface area (Å²) in [5.74, 6) is 1.06. The topological polar surface area (TPSA) is 79.6 Å². The number of nitrogens with two attached hydrogens (primary N) is 1. The summed E-state index contributed by atoms with van der Waals surface area (Å²) < 4.78 is 5.27. The van der Waals surface area contributed by atoms with E-state index in [4.69, 9.17) is 22.1 Å². The van der Waals surface area contributed by atoms with Crippen molar-refractivity contribution in [2.24, 2.45) is 5.92 Å². The highest BCUT2D eigenvalue weighted by Gasteiger charge is 2.27. The van der Waals surface area contributed by atoms with E-state index < -0.39 is 0 Å². The van der Waals surface area contributed by atoms with Gasteiger partial charge in [-0.2, -0.15) is 0 Å². The summed E-state index contributed by atoms with van der Waals surface area (Å²) in [5.41, 5.74) is 6.62. The number of nitrogens with one attached hydrogen (secondary N) is 2. The summed E-state index contributed by atoms with van der Waals surface area (Å²) in [6.07, 6.45) is 3.46. The lowest BCUT2D eigenvalue weighted by molar-refractivity contribution is 0.0934. The van der Waals surface area contributed by atoms with E-state index >= 15 is 0 Å². The van der Waals surface area contributed by atoms with Gasteiger partial charge in [-0.3, -0.25) is 4.79 Å². The molecule has 1 aromatic carbocycles. The third kappa shape index (κ3) is 4.57. The Morgan fingerprint density at radius 3 is 2.88 bits per heavy atom. The van der Waals surface area contributed by atoms with E-state index in [-0.39, 0.29) is 11.9 Å². The molecule has 3 rings (SSSR count). The van der Waals surface area contributed by atoms with Crippen molar-refractivity contribution < 1.29 is 9.53 Å². The van der Waals surface area contributed by atoms with Gasteiger partial charge in [0.15, 0.2) is 0 Å². The second-order valence-electron chi connectivity index (χ2n) is 6.99. The molecule has 0 radical (unpaired) electrons. The van der Waals surface area contributed by atoms with Gasteiger partial charge < -0.3 is 26.0 Å². The number of methoxy groups -OCH3 is 1. The van der Waals surface area contributed by atoms with Crippen LogP contribution in [0.5, 0.6) is 5.75 Å². The lowest BCUT2D eigenvalue weighted by Gasteiger charge is -2.27. The fourth-order valence-electron chi connectivity index (χ4n) is 3.72. The fraction of sp³-hybridized carbons (Fsp3) is 0.611. The number of hydrogen-bond donors (Lipinski definition) is 3. The molecule has 0 spiro atoms. The number of halogens is 1. The molecule has 1 atom stereocenters. The van der Waals surface area contributed by atoms with E-state index in [9.17, 15) is 4.79 Å². The maximum Gasteiger partial charge on any atom is 0.255 e. The van der Waals surface area contributed by atoms with Crippen molar-refractivity contribution in [2.45, 2.75) is 25.3 Å². The quantitative estimate of drug-likeness (QED) is 0.692. The molecule has 1 aromatic rings. The number of nitrogen functional groups attached to an aromatic ring is 1. The average Bonchev–Trinajstić information content (AvgIpc) is 3.04. The molecule has 2 aliphatic heterocycles. The molecule has 1 unspecified atom stereocenters. The Bertz CT molecular complexity index is 619. The van der Waals surface area contributed by atoms with Gasteiger partial charge in [-0.1, -0.05) is 11.6 Å². The Hall–Kier alpha value is -1.50. The molecule has 2 saturated heterocycles. The SMILES string of the molecule is COc1cc(N)c(Cl)cc1C(=O)NC1CCN(CC2CCNCC2)C1. The fourth-order valence-corrected chi connectivity index (χ4v) is 3.89. The Balaban J connectivity index is 1.56. The van der Waals surface area contributed by atoms with Crippen molar-refractivity contribution in [1.82, 2.24) is 15.5 Å². The van der Waals surface area contributed by atoms with Gasteiger partial charge in [0.1, 0.15) is 5.75 Å². The van der Waals surface area contributed by atoms with E-state index in [1.165, 1.54) is 20.0 Å². The zero-order valence-electron chi connectivity index (χ0n) is 14.7. The molecule has 0 aromatic heterocycles. The molecule has 6 nitrogen and oxygen atoms in total. The van der Waals surface area contributed by atoms with Crippen LogP contribution >= 0.6 is 11.6 Å². The average molecular weight is 367 g/mol. The summed E-state index contributed by atoms with van der Waals surface area (Å²) in [5, 5.41) is 6.88. The van der Waals surface area contributed by atoms with Crippen molar-refractivity contribution in [3.8, 4) is 5.75 Å². The Morgan fingerprint density at radius 2 is 2.16 bits per heavy atom. The maximum atomic E-state index is 12.6.